The molecule has 0 spiro atoms. The maximum Gasteiger partial charge on any atom is 1.00 e. The van der Waals surface area contributed by atoms with Crippen LogP contribution in [0.4, 0.5) is 5.69 Å². The Balaban J connectivity index is 0.00000156. The van der Waals surface area contributed by atoms with Gasteiger partial charge in [-0.05, 0) is 23.8 Å². The zero-order valence-electron chi connectivity index (χ0n) is 13.8. The molecule has 0 aliphatic rings. The number of nitrogens with zero attached hydrogens (tertiary/aromatic N) is 1. The number of fused-ring (bicyclic) bond motifs is 1. The number of rotatable bonds is 4. The van der Waals surface area contributed by atoms with Crippen LogP contribution < -0.4 is 39.9 Å². The van der Waals surface area contributed by atoms with Gasteiger partial charge in [-0.1, -0.05) is 30.3 Å². The second-order valence-electron chi connectivity index (χ2n) is 4.78. The maximum atomic E-state index is 11.5. The maximum absolute atomic E-state index is 11.5. The molecule has 0 amide bonds. The molecule has 0 saturated carbocycles. The molecule has 7 nitrogen and oxygen atoms in total. The standard InChI is InChI=1S/C16H11NO6.Na.H/c18-15-12-8-11(22-9-10-4-2-1-3-5-10)6-7-13(12)23-16(19)14(15)17(20)21;;/h1-8,18H,9H2;;/q;+1;-1. The van der Waals surface area contributed by atoms with E-state index in [0.717, 1.165) is 5.56 Å². The van der Waals surface area contributed by atoms with Crippen LogP contribution in [-0.2, 0) is 6.61 Å². The van der Waals surface area contributed by atoms with Gasteiger partial charge in [-0.3, -0.25) is 10.1 Å². The molecule has 1 aromatic heterocycles. The van der Waals surface area contributed by atoms with Crippen molar-refractivity contribution in [2.24, 2.45) is 0 Å². The third-order valence-corrected chi connectivity index (χ3v) is 3.26. The zero-order chi connectivity index (χ0) is 16.4. The molecule has 1 heterocycles. The van der Waals surface area contributed by atoms with Crippen molar-refractivity contribution >= 4 is 16.7 Å². The fourth-order valence-electron chi connectivity index (χ4n) is 2.15. The molecule has 1 N–H and O–H groups in total. The summed E-state index contributed by atoms with van der Waals surface area (Å²) < 4.78 is 10.4. The van der Waals surface area contributed by atoms with Gasteiger partial charge < -0.3 is 15.7 Å². The third-order valence-electron chi connectivity index (χ3n) is 3.26. The Bertz CT molecular complexity index is 945. The van der Waals surface area contributed by atoms with Crippen molar-refractivity contribution < 1.29 is 50.2 Å². The minimum Gasteiger partial charge on any atom is -1.00 e. The molecule has 0 aliphatic carbocycles. The monoisotopic (exact) mass is 337 g/mol. The van der Waals surface area contributed by atoms with Crippen LogP contribution in [0.25, 0.3) is 11.0 Å². The van der Waals surface area contributed by atoms with Crippen LogP contribution in [-0.4, -0.2) is 10.0 Å². The van der Waals surface area contributed by atoms with Crippen LogP contribution in [0.3, 0.4) is 0 Å². The van der Waals surface area contributed by atoms with E-state index in [0.29, 0.717) is 12.4 Å². The van der Waals surface area contributed by atoms with Crippen LogP contribution in [0.2, 0.25) is 0 Å². The van der Waals surface area contributed by atoms with Crippen molar-refractivity contribution in [2.75, 3.05) is 0 Å². The average Bonchev–Trinajstić information content (AvgIpc) is 2.54. The molecular weight excluding hydrogens is 325 g/mol. The smallest absolute Gasteiger partial charge is 1.00 e. The molecule has 0 unspecified atom stereocenters. The average molecular weight is 337 g/mol. The fourth-order valence-corrected chi connectivity index (χ4v) is 2.15. The van der Waals surface area contributed by atoms with Crippen molar-refractivity contribution in [3.05, 3.63) is 74.6 Å². The minimum atomic E-state index is -1.20. The molecule has 24 heavy (non-hydrogen) atoms. The molecule has 0 radical (unpaired) electrons. The topological polar surface area (TPSA) is 103 Å². The van der Waals surface area contributed by atoms with Gasteiger partial charge in [0.25, 0.3) is 0 Å². The van der Waals surface area contributed by atoms with Gasteiger partial charge >= 0.3 is 40.9 Å². The van der Waals surface area contributed by atoms with Gasteiger partial charge in [0.1, 0.15) is 17.9 Å². The van der Waals surface area contributed by atoms with Crippen LogP contribution in [0.5, 0.6) is 11.5 Å². The van der Waals surface area contributed by atoms with E-state index >= 15 is 0 Å². The first-order valence-electron chi connectivity index (χ1n) is 6.67. The van der Waals surface area contributed by atoms with Gasteiger partial charge in [-0.2, -0.15) is 0 Å². The fraction of sp³-hybridized carbons (Fsp3) is 0.0625. The molecule has 8 heteroatoms. The van der Waals surface area contributed by atoms with E-state index in [1.165, 1.54) is 12.1 Å². The predicted molar refractivity (Wildman–Crippen MR) is 82.7 cm³/mol. The summed E-state index contributed by atoms with van der Waals surface area (Å²) in [5.41, 5.74) is -1.19. The molecule has 0 aliphatic heterocycles. The number of nitro groups is 1. The molecule has 118 valence electrons. The van der Waals surface area contributed by atoms with E-state index in [-0.39, 0.29) is 42.0 Å². The van der Waals surface area contributed by atoms with Crippen LogP contribution in [0.15, 0.2) is 57.7 Å². The Morgan fingerprint density at radius 1 is 1.21 bits per heavy atom. The largest absolute Gasteiger partial charge is 1.00 e. The first-order valence-corrected chi connectivity index (χ1v) is 6.67. The molecular formula is C16H12NNaO6. The third kappa shape index (κ3) is 3.59. The minimum absolute atomic E-state index is 0. The van der Waals surface area contributed by atoms with Gasteiger partial charge in [0.15, 0.2) is 0 Å². The van der Waals surface area contributed by atoms with Crippen LogP contribution >= 0.6 is 0 Å². The first kappa shape index (κ1) is 18.0. The van der Waals surface area contributed by atoms with Gasteiger partial charge in [-0.25, -0.2) is 4.79 Å². The number of hydrogen-bond donors (Lipinski definition) is 1. The summed E-state index contributed by atoms with van der Waals surface area (Å²) in [5, 5.41) is 20.8. The molecule has 0 saturated heterocycles. The molecule has 0 fully saturated rings. The zero-order valence-corrected chi connectivity index (χ0v) is 14.8. The molecule has 2 aromatic carbocycles. The number of aromatic hydroxyl groups is 1. The summed E-state index contributed by atoms with van der Waals surface area (Å²) in [7, 11) is 0. The van der Waals surface area contributed by atoms with Crippen molar-refractivity contribution in [2.45, 2.75) is 6.61 Å². The molecule has 0 bridgehead atoms. The van der Waals surface area contributed by atoms with Gasteiger partial charge in [0.2, 0.25) is 5.75 Å². The Hall–Kier alpha value is -2.35. The Morgan fingerprint density at radius 3 is 2.58 bits per heavy atom. The SMILES string of the molecule is O=c1oc2ccc(OCc3ccccc3)cc2c(O)c1[N+](=O)[O-].[H-].[Na+]. The Labute approximate surface area is 159 Å². The first-order chi connectivity index (χ1) is 11.1. The summed E-state index contributed by atoms with van der Waals surface area (Å²) in [6, 6.07) is 13.8. The van der Waals surface area contributed by atoms with E-state index < -0.39 is 22.0 Å². The van der Waals surface area contributed by atoms with E-state index in [1.807, 2.05) is 30.3 Å². The number of ether oxygens (including phenoxy) is 1. The Morgan fingerprint density at radius 2 is 1.92 bits per heavy atom. The van der Waals surface area contributed by atoms with Gasteiger partial charge in [-0.15, -0.1) is 0 Å². The van der Waals surface area contributed by atoms with Gasteiger partial charge in [0.05, 0.1) is 10.3 Å². The van der Waals surface area contributed by atoms with E-state index in [4.69, 9.17) is 9.15 Å². The Kier molecular flexibility index (Phi) is 5.61. The number of hydrogen-bond acceptors (Lipinski definition) is 6. The van der Waals surface area contributed by atoms with Crippen molar-refractivity contribution in [1.82, 2.24) is 0 Å². The summed E-state index contributed by atoms with van der Waals surface area (Å²) in [6.07, 6.45) is 0. The van der Waals surface area contributed by atoms with Crippen molar-refractivity contribution in [3.63, 3.8) is 0 Å². The second kappa shape index (κ2) is 7.48. The van der Waals surface area contributed by atoms with E-state index in [2.05, 4.69) is 0 Å². The summed E-state index contributed by atoms with van der Waals surface area (Å²) in [6.45, 7) is 0.298. The van der Waals surface area contributed by atoms with Gasteiger partial charge in [0, 0.05) is 0 Å². The molecule has 3 rings (SSSR count). The quantitative estimate of drug-likeness (QED) is 0.314. The normalized spacial score (nSPS) is 10.2. The van der Waals surface area contributed by atoms with E-state index in [9.17, 15) is 20.0 Å². The number of benzene rings is 2. The van der Waals surface area contributed by atoms with Crippen LogP contribution in [0.1, 0.15) is 6.99 Å². The molecule has 0 atom stereocenters. The summed E-state index contributed by atoms with van der Waals surface area (Å²) in [4.78, 5) is 21.4. The predicted octanol–water partition coefficient (Wildman–Crippen LogP) is 0.102. The second-order valence-corrected chi connectivity index (χ2v) is 4.78. The van der Waals surface area contributed by atoms with Crippen molar-refractivity contribution in [1.29, 1.82) is 0 Å². The summed E-state index contributed by atoms with van der Waals surface area (Å²) in [5.74, 6) is -0.341. The molecule has 3 aromatic rings. The van der Waals surface area contributed by atoms with Crippen molar-refractivity contribution in [3.8, 4) is 11.5 Å². The van der Waals surface area contributed by atoms with E-state index in [1.54, 1.807) is 6.07 Å². The summed E-state index contributed by atoms with van der Waals surface area (Å²) >= 11 is 0. The van der Waals surface area contributed by atoms with Crippen LogP contribution in [0, 0.1) is 10.1 Å².